The summed E-state index contributed by atoms with van der Waals surface area (Å²) in [5, 5.41) is 25.8. The Hall–Kier alpha value is -2.99. The van der Waals surface area contributed by atoms with Crippen molar-refractivity contribution in [2.24, 2.45) is 5.41 Å². The Morgan fingerprint density at radius 2 is 1.94 bits per heavy atom. The molecule has 31 heavy (non-hydrogen) atoms. The third-order valence-corrected chi connectivity index (χ3v) is 5.52. The minimum Gasteiger partial charge on any atom is -0.391 e. The SMILES string of the molecule is C=CC1(C/C(C=N)=C/NCC)CC(C=N)=C(Nc2ccc(F)cc2)C=C1CCNCC. The van der Waals surface area contributed by atoms with Crippen LogP contribution in [0.5, 0.6) is 0 Å². The average molecular weight is 424 g/mol. The summed E-state index contributed by atoms with van der Waals surface area (Å²) in [6.45, 7) is 10.8. The number of allylic oxidation sites excluding steroid dienone is 4. The van der Waals surface area contributed by atoms with E-state index in [1.54, 1.807) is 12.1 Å². The normalized spacial score (nSPS) is 18.9. The van der Waals surface area contributed by atoms with E-state index in [1.165, 1.54) is 30.1 Å². The zero-order valence-corrected chi connectivity index (χ0v) is 18.5. The first-order chi connectivity index (χ1) is 15.0. The van der Waals surface area contributed by atoms with Gasteiger partial charge in [0.15, 0.2) is 0 Å². The minimum atomic E-state index is -0.380. The summed E-state index contributed by atoms with van der Waals surface area (Å²) in [6, 6.07) is 6.22. The molecule has 0 amide bonds. The minimum absolute atomic E-state index is 0.283. The summed E-state index contributed by atoms with van der Waals surface area (Å²) >= 11 is 0. The van der Waals surface area contributed by atoms with Crippen molar-refractivity contribution in [2.45, 2.75) is 33.1 Å². The Morgan fingerprint density at radius 1 is 1.19 bits per heavy atom. The van der Waals surface area contributed by atoms with Crippen LogP contribution in [0.3, 0.4) is 0 Å². The third-order valence-electron chi connectivity index (χ3n) is 5.52. The van der Waals surface area contributed by atoms with Crippen molar-refractivity contribution >= 4 is 18.1 Å². The molecule has 1 unspecified atom stereocenters. The van der Waals surface area contributed by atoms with Gasteiger partial charge in [-0.25, -0.2) is 4.39 Å². The van der Waals surface area contributed by atoms with Crippen LogP contribution >= 0.6 is 0 Å². The van der Waals surface area contributed by atoms with Crippen LogP contribution in [0.2, 0.25) is 0 Å². The van der Waals surface area contributed by atoms with Crippen LogP contribution in [0.25, 0.3) is 0 Å². The van der Waals surface area contributed by atoms with Gasteiger partial charge < -0.3 is 26.8 Å². The maximum atomic E-state index is 13.3. The molecule has 0 fully saturated rings. The van der Waals surface area contributed by atoms with Gasteiger partial charge >= 0.3 is 0 Å². The molecule has 1 aliphatic rings. The first-order valence-electron chi connectivity index (χ1n) is 10.8. The van der Waals surface area contributed by atoms with Crippen LogP contribution < -0.4 is 16.0 Å². The molecule has 0 spiro atoms. The predicted molar refractivity (Wildman–Crippen MR) is 129 cm³/mol. The van der Waals surface area contributed by atoms with Crippen molar-refractivity contribution in [3.63, 3.8) is 0 Å². The molecule has 1 aromatic rings. The number of hydrogen-bond donors (Lipinski definition) is 5. The first kappa shape index (κ1) is 24.3. The number of nitrogens with one attached hydrogen (secondary N) is 5. The summed E-state index contributed by atoms with van der Waals surface area (Å²) < 4.78 is 13.3. The van der Waals surface area contributed by atoms with Gasteiger partial charge in [-0.1, -0.05) is 18.6 Å². The quantitative estimate of drug-likeness (QED) is 0.172. The summed E-state index contributed by atoms with van der Waals surface area (Å²) in [5.74, 6) is -0.283. The fraction of sp³-hybridized carbons (Fsp3) is 0.360. The first-order valence-corrected chi connectivity index (χ1v) is 10.8. The summed E-state index contributed by atoms with van der Waals surface area (Å²) in [7, 11) is 0. The molecule has 6 heteroatoms. The molecule has 1 aliphatic carbocycles. The molecule has 5 N–H and O–H groups in total. The molecule has 5 nitrogen and oxygen atoms in total. The third kappa shape index (κ3) is 6.49. The van der Waals surface area contributed by atoms with Gasteiger partial charge in [0.1, 0.15) is 5.82 Å². The zero-order chi connectivity index (χ0) is 22.7. The topological polar surface area (TPSA) is 83.8 Å². The molecule has 1 atom stereocenters. The van der Waals surface area contributed by atoms with Crippen LogP contribution in [-0.2, 0) is 0 Å². The Kier molecular flexibility index (Phi) is 9.40. The molecular formula is C25H34FN5. The van der Waals surface area contributed by atoms with Crippen molar-refractivity contribution < 1.29 is 4.39 Å². The zero-order valence-electron chi connectivity index (χ0n) is 18.5. The number of anilines is 1. The molecule has 0 aliphatic heterocycles. The second-order valence-electron chi connectivity index (χ2n) is 7.62. The molecule has 2 rings (SSSR count). The van der Waals surface area contributed by atoms with Crippen molar-refractivity contribution in [3.8, 4) is 0 Å². The van der Waals surface area contributed by atoms with Crippen LogP contribution in [0.4, 0.5) is 10.1 Å². The van der Waals surface area contributed by atoms with Gasteiger partial charge in [-0.3, -0.25) is 0 Å². The molecule has 166 valence electrons. The fourth-order valence-corrected chi connectivity index (χ4v) is 3.81. The van der Waals surface area contributed by atoms with Gasteiger partial charge in [0.2, 0.25) is 0 Å². The van der Waals surface area contributed by atoms with Crippen molar-refractivity contribution in [1.82, 2.24) is 10.6 Å². The van der Waals surface area contributed by atoms with Gasteiger partial charge in [0, 0.05) is 42.0 Å². The van der Waals surface area contributed by atoms with E-state index in [0.29, 0.717) is 12.8 Å². The molecule has 0 saturated heterocycles. The van der Waals surface area contributed by atoms with Crippen molar-refractivity contribution in [1.29, 1.82) is 10.8 Å². The number of benzene rings is 1. The highest BCUT2D eigenvalue weighted by Crippen LogP contribution is 2.46. The summed E-state index contributed by atoms with van der Waals surface area (Å²) in [4.78, 5) is 0. The van der Waals surface area contributed by atoms with Gasteiger partial charge in [-0.15, -0.1) is 6.58 Å². The van der Waals surface area contributed by atoms with E-state index in [9.17, 15) is 4.39 Å². The molecule has 0 bridgehead atoms. The maximum absolute atomic E-state index is 13.3. The van der Waals surface area contributed by atoms with E-state index in [-0.39, 0.29) is 11.2 Å². The van der Waals surface area contributed by atoms with Crippen molar-refractivity contribution in [3.05, 3.63) is 77.4 Å². The Morgan fingerprint density at radius 3 is 2.52 bits per heavy atom. The molecule has 0 aromatic heterocycles. The highest BCUT2D eigenvalue weighted by molar-refractivity contribution is 5.82. The number of halogens is 1. The van der Waals surface area contributed by atoms with E-state index in [4.69, 9.17) is 10.8 Å². The maximum Gasteiger partial charge on any atom is 0.123 e. The monoisotopic (exact) mass is 423 g/mol. The highest BCUT2D eigenvalue weighted by Gasteiger charge is 2.36. The van der Waals surface area contributed by atoms with Crippen LogP contribution in [0, 0.1) is 22.1 Å². The number of hydrogen-bond acceptors (Lipinski definition) is 5. The Labute approximate surface area is 185 Å². The molecule has 1 aromatic carbocycles. The largest absolute Gasteiger partial charge is 0.391 e. The lowest BCUT2D eigenvalue weighted by Gasteiger charge is -2.38. The van der Waals surface area contributed by atoms with E-state index in [1.807, 2.05) is 19.2 Å². The van der Waals surface area contributed by atoms with Crippen LogP contribution in [0.15, 0.2) is 71.6 Å². The number of rotatable bonds is 13. The van der Waals surface area contributed by atoms with Gasteiger partial charge in [0.25, 0.3) is 0 Å². The van der Waals surface area contributed by atoms with Crippen molar-refractivity contribution in [2.75, 3.05) is 25.0 Å². The van der Waals surface area contributed by atoms with Gasteiger partial charge in [-0.05, 0) is 80.8 Å². The summed E-state index contributed by atoms with van der Waals surface area (Å²) in [6.07, 6.45) is 10.8. The lowest BCUT2D eigenvalue weighted by atomic mass is 9.67. The molecule has 0 saturated carbocycles. The van der Waals surface area contributed by atoms with E-state index >= 15 is 0 Å². The molecule has 0 heterocycles. The molecular weight excluding hydrogens is 389 g/mol. The standard InChI is InChI=1S/C25H34FN5/c1-4-25(14-19(16-27)18-30-6-3)15-20(17-28)24(13-21(25)11-12-29-5-2)31-23-9-7-22(26)8-10-23/h4,7-10,13,16-18,27-31H,1,5-6,11-12,14-15H2,2-3H3/b19-18-,27-16?,28-17?. The van der Waals surface area contributed by atoms with Crippen LogP contribution in [-0.4, -0.2) is 32.1 Å². The van der Waals surface area contributed by atoms with Crippen LogP contribution in [0.1, 0.15) is 33.1 Å². The lowest BCUT2D eigenvalue weighted by molar-refractivity contribution is 0.434. The highest BCUT2D eigenvalue weighted by atomic mass is 19.1. The molecule has 0 radical (unpaired) electrons. The van der Waals surface area contributed by atoms with E-state index in [2.05, 4.69) is 35.5 Å². The second kappa shape index (κ2) is 12.0. The lowest BCUT2D eigenvalue weighted by Crippen LogP contribution is -2.30. The van der Waals surface area contributed by atoms with Gasteiger partial charge in [-0.2, -0.15) is 0 Å². The van der Waals surface area contributed by atoms with E-state index in [0.717, 1.165) is 48.6 Å². The van der Waals surface area contributed by atoms with E-state index < -0.39 is 0 Å². The smallest absolute Gasteiger partial charge is 0.123 e. The Bertz CT molecular complexity index is 866. The predicted octanol–water partition coefficient (Wildman–Crippen LogP) is 5.18. The van der Waals surface area contributed by atoms with Gasteiger partial charge in [0.05, 0.1) is 0 Å². The average Bonchev–Trinajstić information content (AvgIpc) is 2.79. The fourth-order valence-electron chi connectivity index (χ4n) is 3.81. The Balaban J connectivity index is 2.44. The summed E-state index contributed by atoms with van der Waals surface area (Å²) in [5.41, 5.74) is 4.17. The second-order valence-corrected chi connectivity index (χ2v) is 7.62.